The number of rotatable bonds is 4. The van der Waals surface area contributed by atoms with Gasteiger partial charge < -0.3 is 5.32 Å². The van der Waals surface area contributed by atoms with E-state index in [1.165, 1.54) is 9.35 Å². The first-order valence-corrected chi connectivity index (χ1v) is 7.05. The smallest absolute Gasteiger partial charge is 0.0759 e. The minimum atomic E-state index is 0.207. The highest BCUT2D eigenvalue weighted by molar-refractivity contribution is 9.10. The monoisotopic (exact) mass is 311 g/mol. The van der Waals surface area contributed by atoms with E-state index in [-0.39, 0.29) is 6.04 Å². The molecule has 0 aliphatic heterocycles. The molecule has 0 radical (unpaired) electrons. The molecule has 2 aromatic heterocycles. The molecular weight excluding hydrogens is 298 g/mol. The van der Waals surface area contributed by atoms with Crippen molar-refractivity contribution in [3.05, 3.63) is 44.6 Å². The molecule has 0 amide bonds. The lowest BCUT2D eigenvalue weighted by Gasteiger charge is -2.14. The summed E-state index contributed by atoms with van der Waals surface area (Å²) >= 11 is 5.31. The molecular formula is C12H14BrN3S. The summed E-state index contributed by atoms with van der Waals surface area (Å²) in [5, 5.41) is 5.38. The summed E-state index contributed by atoms with van der Waals surface area (Å²) < 4.78 is 1.17. The highest BCUT2D eigenvalue weighted by Crippen LogP contribution is 2.27. The van der Waals surface area contributed by atoms with Crippen LogP contribution in [0.3, 0.4) is 0 Å². The standard InChI is InChI=1S/C12H14BrN3S/c1-8-6-16-11(7-15-8)10(14-2)5-12-9(13)3-4-17-12/h3-4,6-7,10,14H,5H2,1-2H3. The molecule has 0 aromatic carbocycles. The van der Waals surface area contributed by atoms with E-state index in [0.717, 1.165) is 17.8 Å². The Morgan fingerprint density at radius 2 is 2.24 bits per heavy atom. The van der Waals surface area contributed by atoms with Gasteiger partial charge in [0.2, 0.25) is 0 Å². The van der Waals surface area contributed by atoms with Crippen molar-refractivity contribution in [1.29, 1.82) is 0 Å². The summed E-state index contributed by atoms with van der Waals surface area (Å²) in [6.45, 7) is 1.95. The fraction of sp³-hybridized carbons (Fsp3) is 0.333. The van der Waals surface area contributed by atoms with Gasteiger partial charge in [0.05, 0.1) is 23.6 Å². The average molecular weight is 312 g/mol. The number of hydrogen-bond donors (Lipinski definition) is 1. The van der Waals surface area contributed by atoms with E-state index < -0.39 is 0 Å². The summed E-state index contributed by atoms with van der Waals surface area (Å²) in [4.78, 5) is 10.0. The normalized spacial score (nSPS) is 12.6. The van der Waals surface area contributed by atoms with Crippen LogP contribution in [0.25, 0.3) is 0 Å². The van der Waals surface area contributed by atoms with Crippen molar-refractivity contribution in [2.45, 2.75) is 19.4 Å². The second-order valence-electron chi connectivity index (χ2n) is 3.82. The van der Waals surface area contributed by atoms with Crippen molar-refractivity contribution >= 4 is 27.3 Å². The molecule has 3 nitrogen and oxygen atoms in total. The lowest BCUT2D eigenvalue weighted by atomic mass is 10.1. The molecule has 1 N–H and O–H groups in total. The topological polar surface area (TPSA) is 37.8 Å². The molecule has 2 aromatic rings. The fourth-order valence-corrected chi connectivity index (χ4v) is 3.15. The number of nitrogens with one attached hydrogen (secondary N) is 1. The summed E-state index contributed by atoms with van der Waals surface area (Å²) in [5.41, 5.74) is 1.93. The molecule has 0 aliphatic carbocycles. The maximum atomic E-state index is 4.42. The largest absolute Gasteiger partial charge is 0.311 e. The number of nitrogens with zero attached hydrogens (tertiary/aromatic N) is 2. The predicted molar refractivity (Wildman–Crippen MR) is 74.3 cm³/mol. The molecule has 0 saturated heterocycles. The number of likely N-dealkylation sites (N-methyl/N-ethyl adjacent to an activating group) is 1. The van der Waals surface area contributed by atoms with Crippen LogP contribution < -0.4 is 5.32 Å². The zero-order valence-electron chi connectivity index (χ0n) is 9.77. The molecule has 90 valence electrons. The maximum Gasteiger partial charge on any atom is 0.0759 e. The van der Waals surface area contributed by atoms with Gasteiger partial charge in [-0.15, -0.1) is 11.3 Å². The van der Waals surface area contributed by atoms with Crippen LogP contribution in [0.5, 0.6) is 0 Å². The molecule has 2 heterocycles. The zero-order chi connectivity index (χ0) is 12.3. The van der Waals surface area contributed by atoms with Crippen LogP contribution in [-0.4, -0.2) is 17.0 Å². The highest BCUT2D eigenvalue weighted by atomic mass is 79.9. The van der Waals surface area contributed by atoms with Gasteiger partial charge in [0.1, 0.15) is 0 Å². The summed E-state index contributed by atoms with van der Waals surface area (Å²) in [6.07, 6.45) is 4.58. The number of aromatic nitrogens is 2. The van der Waals surface area contributed by atoms with Gasteiger partial charge in [-0.05, 0) is 41.3 Å². The third-order valence-electron chi connectivity index (χ3n) is 2.59. The molecule has 17 heavy (non-hydrogen) atoms. The van der Waals surface area contributed by atoms with Crippen LogP contribution in [0.1, 0.15) is 22.3 Å². The lowest BCUT2D eigenvalue weighted by Crippen LogP contribution is -2.20. The number of thiophene rings is 1. The molecule has 1 unspecified atom stereocenters. The third kappa shape index (κ3) is 3.12. The second kappa shape index (κ2) is 5.71. The summed E-state index contributed by atoms with van der Waals surface area (Å²) in [7, 11) is 1.95. The van der Waals surface area contributed by atoms with E-state index in [4.69, 9.17) is 0 Å². The van der Waals surface area contributed by atoms with Gasteiger partial charge >= 0.3 is 0 Å². The van der Waals surface area contributed by atoms with Gasteiger partial charge in [0, 0.05) is 22.0 Å². The van der Waals surface area contributed by atoms with Gasteiger partial charge in [0.25, 0.3) is 0 Å². The third-order valence-corrected chi connectivity index (χ3v) is 4.54. The van der Waals surface area contributed by atoms with Crippen molar-refractivity contribution in [2.24, 2.45) is 0 Å². The van der Waals surface area contributed by atoms with Crippen LogP contribution in [0.2, 0.25) is 0 Å². The van der Waals surface area contributed by atoms with E-state index in [1.54, 1.807) is 11.3 Å². The molecule has 0 aliphatic rings. The number of aryl methyl sites for hydroxylation is 1. The molecule has 0 spiro atoms. The molecule has 2 rings (SSSR count). The van der Waals surface area contributed by atoms with Crippen LogP contribution in [0.15, 0.2) is 28.3 Å². The first-order chi connectivity index (χ1) is 8.20. The SMILES string of the molecule is CNC(Cc1sccc1Br)c1cnc(C)cn1. The van der Waals surface area contributed by atoms with Gasteiger partial charge in [-0.2, -0.15) is 0 Å². The first kappa shape index (κ1) is 12.7. The summed E-state index contributed by atoms with van der Waals surface area (Å²) in [6, 6.07) is 2.28. The lowest BCUT2D eigenvalue weighted by molar-refractivity contribution is 0.576. The minimum Gasteiger partial charge on any atom is -0.311 e. The van der Waals surface area contributed by atoms with Crippen LogP contribution in [-0.2, 0) is 6.42 Å². The van der Waals surface area contributed by atoms with Crippen molar-refractivity contribution in [3.63, 3.8) is 0 Å². The van der Waals surface area contributed by atoms with E-state index in [0.29, 0.717) is 0 Å². The van der Waals surface area contributed by atoms with Crippen LogP contribution in [0, 0.1) is 6.92 Å². The fourth-order valence-electron chi connectivity index (χ4n) is 1.59. The minimum absolute atomic E-state index is 0.207. The second-order valence-corrected chi connectivity index (χ2v) is 5.67. The Kier molecular flexibility index (Phi) is 4.25. The number of halogens is 1. The van der Waals surface area contributed by atoms with E-state index in [2.05, 4.69) is 42.7 Å². The molecule has 0 bridgehead atoms. The Morgan fingerprint density at radius 3 is 2.76 bits per heavy atom. The van der Waals surface area contributed by atoms with Gasteiger partial charge in [-0.3, -0.25) is 9.97 Å². The van der Waals surface area contributed by atoms with E-state index in [1.807, 2.05) is 26.4 Å². The quantitative estimate of drug-likeness (QED) is 0.942. The first-order valence-electron chi connectivity index (χ1n) is 5.38. The Bertz CT molecular complexity index is 481. The molecule has 5 heteroatoms. The Hall–Kier alpha value is -0.780. The van der Waals surface area contributed by atoms with Crippen molar-refractivity contribution in [2.75, 3.05) is 7.05 Å². The van der Waals surface area contributed by atoms with Crippen LogP contribution >= 0.6 is 27.3 Å². The Balaban J connectivity index is 2.17. The van der Waals surface area contributed by atoms with Crippen molar-refractivity contribution in [1.82, 2.24) is 15.3 Å². The van der Waals surface area contributed by atoms with Crippen molar-refractivity contribution in [3.8, 4) is 0 Å². The molecule has 0 fully saturated rings. The summed E-state index contributed by atoms with van der Waals surface area (Å²) in [5.74, 6) is 0. The highest BCUT2D eigenvalue weighted by Gasteiger charge is 2.14. The van der Waals surface area contributed by atoms with Crippen LogP contribution in [0.4, 0.5) is 0 Å². The maximum absolute atomic E-state index is 4.42. The molecule has 0 saturated carbocycles. The predicted octanol–water partition coefficient (Wildman–Crippen LogP) is 3.11. The Labute approximate surface area is 113 Å². The van der Waals surface area contributed by atoms with E-state index >= 15 is 0 Å². The zero-order valence-corrected chi connectivity index (χ0v) is 12.2. The van der Waals surface area contributed by atoms with Gasteiger partial charge in [-0.1, -0.05) is 0 Å². The molecule has 1 atom stereocenters. The van der Waals surface area contributed by atoms with Crippen molar-refractivity contribution < 1.29 is 0 Å². The van der Waals surface area contributed by atoms with Gasteiger partial charge in [-0.25, -0.2) is 0 Å². The van der Waals surface area contributed by atoms with Gasteiger partial charge in [0.15, 0.2) is 0 Å². The Morgan fingerprint density at radius 1 is 1.41 bits per heavy atom. The number of hydrogen-bond acceptors (Lipinski definition) is 4. The van der Waals surface area contributed by atoms with E-state index in [9.17, 15) is 0 Å². The average Bonchev–Trinajstić information content (AvgIpc) is 2.73.